The molecule has 0 spiro atoms. The summed E-state index contributed by atoms with van der Waals surface area (Å²) in [5, 5.41) is 0. The van der Waals surface area contributed by atoms with E-state index in [9.17, 15) is 8.78 Å². The summed E-state index contributed by atoms with van der Waals surface area (Å²) in [5.74, 6) is 0.968. The van der Waals surface area contributed by atoms with Crippen molar-refractivity contribution in [3.8, 4) is 11.5 Å². The largest absolute Gasteiger partial charge is 0.496 e. The highest BCUT2D eigenvalue weighted by molar-refractivity contribution is 5.42. The molecular weight excluding hydrogens is 202 g/mol. The summed E-state index contributed by atoms with van der Waals surface area (Å²) in [6.07, 6.45) is 0. The number of rotatable bonds is 4. The molecule has 2 nitrogen and oxygen atoms in total. The minimum Gasteiger partial charge on any atom is -0.496 e. The first-order valence-corrected chi connectivity index (χ1v) is 4.67. The fourth-order valence-corrected chi connectivity index (χ4v) is 1.34. The summed E-state index contributed by atoms with van der Waals surface area (Å²) in [4.78, 5) is 0. The van der Waals surface area contributed by atoms with Gasteiger partial charge in [-0.1, -0.05) is 19.9 Å². The van der Waals surface area contributed by atoms with Crippen molar-refractivity contribution < 1.29 is 18.3 Å². The molecule has 1 rings (SSSR count). The van der Waals surface area contributed by atoms with E-state index in [1.165, 1.54) is 19.2 Å². The number of methoxy groups -OCH3 is 1. The lowest BCUT2D eigenvalue weighted by Gasteiger charge is -2.13. The average molecular weight is 216 g/mol. The summed E-state index contributed by atoms with van der Waals surface area (Å²) < 4.78 is 33.3. The zero-order valence-electron chi connectivity index (χ0n) is 8.96. The summed E-state index contributed by atoms with van der Waals surface area (Å²) in [6.45, 7) is 1.20. The lowest BCUT2D eigenvalue weighted by Crippen LogP contribution is -2.03. The van der Waals surface area contributed by atoms with E-state index in [1.807, 2.05) is 13.8 Å². The van der Waals surface area contributed by atoms with Crippen LogP contribution in [-0.4, -0.2) is 13.7 Å². The van der Waals surface area contributed by atoms with E-state index in [0.29, 0.717) is 5.75 Å². The van der Waals surface area contributed by atoms with Crippen molar-refractivity contribution in [3.63, 3.8) is 0 Å². The van der Waals surface area contributed by atoms with E-state index in [2.05, 4.69) is 4.74 Å². The Morgan fingerprint density at radius 2 is 1.87 bits per heavy atom. The molecule has 0 radical (unpaired) electrons. The molecule has 1 aromatic carbocycles. The maximum atomic E-state index is 12.0. The molecule has 0 heterocycles. The van der Waals surface area contributed by atoms with Gasteiger partial charge in [0.05, 0.1) is 7.11 Å². The van der Waals surface area contributed by atoms with E-state index in [1.54, 1.807) is 6.07 Å². The van der Waals surface area contributed by atoms with Crippen molar-refractivity contribution in [2.24, 2.45) is 0 Å². The second kappa shape index (κ2) is 4.96. The minimum absolute atomic E-state index is 0.117. The third kappa shape index (κ3) is 3.08. The Labute approximate surface area is 87.8 Å². The van der Waals surface area contributed by atoms with E-state index in [0.717, 1.165) is 5.56 Å². The van der Waals surface area contributed by atoms with Gasteiger partial charge in [0.2, 0.25) is 0 Å². The molecule has 0 unspecified atom stereocenters. The van der Waals surface area contributed by atoms with E-state index in [4.69, 9.17) is 4.74 Å². The number of halogens is 2. The molecule has 84 valence electrons. The van der Waals surface area contributed by atoms with Gasteiger partial charge in [0, 0.05) is 6.07 Å². The van der Waals surface area contributed by atoms with E-state index >= 15 is 0 Å². The highest BCUT2D eigenvalue weighted by atomic mass is 19.3. The van der Waals surface area contributed by atoms with Crippen molar-refractivity contribution in [3.05, 3.63) is 23.8 Å². The van der Waals surface area contributed by atoms with Gasteiger partial charge in [-0.3, -0.25) is 0 Å². The molecular formula is C11H14F2O2. The van der Waals surface area contributed by atoms with Crippen LogP contribution in [0.2, 0.25) is 0 Å². The molecule has 0 saturated heterocycles. The van der Waals surface area contributed by atoms with Gasteiger partial charge in [-0.2, -0.15) is 8.78 Å². The Morgan fingerprint density at radius 3 is 2.33 bits per heavy atom. The highest BCUT2D eigenvalue weighted by Gasteiger charge is 2.10. The quantitative estimate of drug-likeness (QED) is 0.767. The average Bonchev–Trinajstić information content (AvgIpc) is 2.16. The zero-order chi connectivity index (χ0) is 11.4. The van der Waals surface area contributed by atoms with Crippen LogP contribution >= 0.6 is 0 Å². The van der Waals surface area contributed by atoms with Crippen molar-refractivity contribution >= 4 is 0 Å². The van der Waals surface area contributed by atoms with Crippen LogP contribution in [0.5, 0.6) is 11.5 Å². The van der Waals surface area contributed by atoms with Gasteiger partial charge >= 0.3 is 6.61 Å². The van der Waals surface area contributed by atoms with Gasteiger partial charge in [-0.15, -0.1) is 0 Å². The van der Waals surface area contributed by atoms with Crippen molar-refractivity contribution in [1.82, 2.24) is 0 Å². The molecule has 0 aromatic heterocycles. The Balaban J connectivity index is 2.97. The first-order chi connectivity index (χ1) is 7.04. The van der Waals surface area contributed by atoms with Gasteiger partial charge < -0.3 is 9.47 Å². The number of ether oxygens (including phenoxy) is 2. The van der Waals surface area contributed by atoms with Crippen LogP contribution in [0, 0.1) is 0 Å². The highest BCUT2D eigenvalue weighted by Crippen LogP contribution is 2.30. The second-order valence-corrected chi connectivity index (χ2v) is 3.44. The molecule has 4 heteroatoms. The SMILES string of the molecule is COc1cc(OC(F)F)ccc1C(C)C. The Bertz CT molecular complexity index is 324. The molecule has 0 bridgehead atoms. The molecule has 15 heavy (non-hydrogen) atoms. The molecule has 1 aromatic rings. The monoisotopic (exact) mass is 216 g/mol. The lowest BCUT2D eigenvalue weighted by molar-refractivity contribution is -0.0499. The number of hydrogen-bond acceptors (Lipinski definition) is 2. The predicted octanol–water partition coefficient (Wildman–Crippen LogP) is 3.42. The molecule has 0 atom stereocenters. The Morgan fingerprint density at radius 1 is 1.20 bits per heavy atom. The normalized spacial score (nSPS) is 10.9. The number of hydrogen-bond donors (Lipinski definition) is 0. The second-order valence-electron chi connectivity index (χ2n) is 3.44. The molecule has 0 aliphatic heterocycles. The zero-order valence-corrected chi connectivity index (χ0v) is 8.96. The lowest BCUT2D eigenvalue weighted by atomic mass is 10.0. The van der Waals surface area contributed by atoms with Crippen LogP contribution in [0.3, 0.4) is 0 Å². The standard InChI is InChI=1S/C11H14F2O2/c1-7(2)9-5-4-8(15-11(12)13)6-10(9)14-3/h4-7,11H,1-3H3. The Hall–Kier alpha value is -1.32. The van der Waals surface area contributed by atoms with Gasteiger partial charge in [-0.25, -0.2) is 0 Å². The van der Waals surface area contributed by atoms with Crippen molar-refractivity contribution in [1.29, 1.82) is 0 Å². The summed E-state index contributed by atoms with van der Waals surface area (Å²) in [7, 11) is 1.51. The van der Waals surface area contributed by atoms with E-state index in [-0.39, 0.29) is 11.7 Å². The number of benzene rings is 1. The third-order valence-electron chi connectivity index (χ3n) is 2.05. The fourth-order valence-electron chi connectivity index (χ4n) is 1.34. The number of alkyl halides is 2. The van der Waals surface area contributed by atoms with Crippen LogP contribution in [0.1, 0.15) is 25.3 Å². The first-order valence-electron chi connectivity index (χ1n) is 4.67. The van der Waals surface area contributed by atoms with Gasteiger partial charge in [0.25, 0.3) is 0 Å². The van der Waals surface area contributed by atoms with Crippen LogP contribution in [0.25, 0.3) is 0 Å². The summed E-state index contributed by atoms with van der Waals surface area (Å²) in [6, 6.07) is 4.73. The predicted molar refractivity (Wildman–Crippen MR) is 53.7 cm³/mol. The van der Waals surface area contributed by atoms with Crippen LogP contribution in [0.4, 0.5) is 8.78 Å². The molecule has 0 saturated carbocycles. The molecule has 0 fully saturated rings. The smallest absolute Gasteiger partial charge is 0.387 e. The topological polar surface area (TPSA) is 18.5 Å². The van der Waals surface area contributed by atoms with Gasteiger partial charge in [0.15, 0.2) is 0 Å². The van der Waals surface area contributed by atoms with Gasteiger partial charge in [0.1, 0.15) is 11.5 Å². The first kappa shape index (κ1) is 11.8. The van der Waals surface area contributed by atoms with Crippen LogP contribution in [-0.2, 0) is 0 Å². The van der Waals surface area contributed by atoms with Crippen LogP contribution < -0.4 is 9.47 Å². The van der Waals surface area contributed by atoms with Crippen molar-refractivity contribution in [2.45, 2.75) is 26.4 Å². The third-order valence-corrected chi connectivity index (χ3v) is 2.05. The van der Waals surface area contributed by atoms with E-state index < -0.39 is 6.61 Å². The molecule has 0 N–H and O–H groups in total. The van der Waals surface area contributed by atoms with Gasteiger partial charge in [-0.05, 0) is 17.5 Å². The maximum Gasteiger partial charge on any atom is 0.387 e. The molecule has 0 aliphatic carbocycles. The summed E-state index contributed by atoms with van der Waals surface area (Å²) in [5.41, 5.74) is 0.971. The molecule has 0 amide bonds. The maximum absolute atomic E-state index is 12.0. The summed E-state index contributed by atoms with van der Waals surface area (Å²) >= 11 is 0. The van der Waals surface area contributed by atoms with Crippen LogP contribution in [0.15, 0.2) is 18.2 Å². The Kier molecular flexibility index (Phi) is 3.88. The molecule has 0 aliphatic rings. The fraction of sp³-hybridized carbons (Fsp3) is 0.455. The van der Waals surface area contributed by atoms with Crippen molar-refractivity contribution in [2.75, 3.05) is 7.11 Å². The minimum atomic E-state index is -2.81.